The fraction of sp³-hybridized carbons (Fsp3) is 0.611. The molecule has 148 valence electrons. The van der Waals surface area contributed by atoms with E-state index in [-0.39, 0.29) is 47.0 Å². The van der Waals surface area contributed by atoms with Crippen molar-refractivity contribution in [2.24, 2.45) is 4.99 Å². The van der Waals surface area contributed by atoms with Crippen LogP contribution in [0.4, 0.5) is 4.39 Å². The quantitative estimate of drug-likeness (QED) is 0.329. The molecule has 0 aromatic heterocycles. The van der Waals surface area contributed by atoms with Crippen molar-refractivity contribution in [2.75, 3.05) is 25.1 Å². The Morgan fingerprint density at radius 2 is 2.00 bits per heavy atom. The van der Waals surface area contributed by atoms with E-state index >= 15 is 0 Å². The molecule has 2 rings (SSSR count). The van der Waals surface area contributed by atoms with E-state index in [0.717, 1.165) is 18.4 Å². The van der Waals surface area contributed by atoms with Gasteiger partial charge in [0.15, 0.2) is 5.96 Å². The van der Waals surface area contributed by atoms with Crippen LogP contribution in [0.5, 0.6) is 0 Å². The number of aliphatic imine (C=N–C) groups is 1. The molecule has 1 aliphatic carbocycles. The third-order valence-corrected chi connectivity index (χ3v) is 5.46. The Morgan fingerprint density at radius 1 is 1.35 bits per heavy atom. The first kappa shape index (κ1) is 23.1. The number of nitrogens with zero attached hydrogens (tertiary/aromatic N) is 1. The average Bonchev–Trinajstić information content (AvgIpc) is 3.32. The minimum absolute atomic E-state index is 0. The second-order valence-corrected chi connectivity index (χ2v) is 9.18. The van der Waals surface area contributed by atoms with Crippen molar-refractivity contribution in [2.45, 2.75) is 44.6 Å². The van der Waals surface area contributed by atoms with Crippen LogP contribution in [0, 0.1) is 5.82 Å². The SMILES string of the molecule is CCNC(=NCC1(c2ccccc2F)CC1)NC(C)CCS(C)(=O)=O.I. The van der Waals surface area contributed by atoms with Crippen molar-refractivity contribution in [1.82, 2.24) is 10.6 Å². The van der Waals surface area contributed by atoms with Crippen LogP contribution in [-0.4, -0.2) is 45.5 Å². The number of halogens is 2. The van der Waals surface area contributed by atoms with Crippen molar-refractivity contribution in [3.63, 3.8) is 0 Å². The molecule has 1 aliphatic rings. The van der Waals surface area contributed by atoms with Gasteiger partial charge in [0, 0.05) is 24.3 Å². The van der Waals surface area contributed by atoms with Gasteiger partial charge in [0.2, 0.25) is 0 Å². The normalized spacial score (nSPS) is 17.2. The van der Waals surface area contributed by atoms with E-state index in [2.05, 4.69) is 15.6 Å². The molecule has 1 aromatic carbocycles. The van der Waals surface area contributed by atoms with Crippen molar-refractivity contribution < 1.29 is 12.8 Å². The fourth-order valence-corrected chi connectivity index (χ4v) is 3.58. The second-order valence-electron chi connectivity index (χ2n) is 6.92. The number of sulfone groups is 1. The lowest BCUT2D eigenvalue weighted by Crippen LogP contribution is -2.43. The largest absolute Gasteiger partial charge is 0.357 e. The monoisotopic (exact) mass is 497 g/mol. The zero-order chi connectivity index (χ0) is 18.5. The molecule has 5 nitrogen and oxygen atoms in total. The maximum atomic E-state index is 14.1. The van der Waals surface area contributed by atoms with Crippen LogP contribution < -0.4 is 10.6 Å². The van der Waals surface area contributed by atoms with Crippen molar-refractivity contribution in [3.8, 4) is 0 Å². The van der Waals surface area contributed by atoms with E-state index < -0.39 is 9.84 Å². The highest BCUT2D eigenvalue weighted by Crippen LogP contribution is 2.49. The molecular formula is C18H29FIN3O2S. The zero-order valence-electron chi connectivity index (χ0n) is 15.6. The van der Waals surface area contributed by atoms with E-state index in [1.165, 1.54) is 12.3 Å². The van der Waals surface area contributed by atoms with Gasteiger partial charge in [-0.2, -0.15) is 0 Å². The number of benzene rings is 1. The van der Waals surface area contributed by atoms with Crippen LogP contribution in [0.1, 0.15) is 38.7 Å². The maximum Gasteiger partial charge on any atom is 0.191 e. The summed E-state index contributed by atoms with van der Waals surface area (Å²) in [6.07, 6.45) is 3.62. The second kappa shape index (κ2) is 9.87. The molecule has 1 atom stereocenters. The molecule has 26 heavy (non-hydrogen) atoms. The fourth-order valence-electron chi connectivity index (χ4n) is 2.80. The molecule has 1 saturated carbocycles. The predicted molar refractivity (Wildman–Crippen MR) is 116 cm³/mol. The first-order valence-electron chi connectivity index (χ1n) is 8.73. The standard InChI is InChI=1S/C18H28FN3O2S.HI/c1-4-20-17(22-14(2)9-12-25(3,23)24)21-13-18(10-11-18)15-7-5-6-8-16(15)19;/h5-8,14H,4,9-13H2,1-3H3,(H2,20,21,22);1H. The highest BCUT2D eigenvalue weighted by Gasteiger charge is 2.45. The maximum absolute atomic E-state index is 14.1. The summed E-state index contributed by atoms with van der Waals surface area (Å²) in [7, 11) is -2.98. The van der Waals surface area contributed by atoms with Gasteiger partial charge in [-0.15, -0.1) is 24.0 Å². The topological polar surface area (TPSA) is 70.6 Å². The summed E-state index contributed by atoms with van der Waals surface area (Å²) in [5.41, 5.74) is 0.531. The van der Waals surface area contributed by atoms with Crippen molar-refractivity contribution in [3.05, 3.63) is 35.6 Å². The van der Waals surface area contributed by atoms with Gasteiger partial charge in [0.25, 0.3) is 0 Å². The zero-order valence-corrected chi connectivity index (χ0v) is 18.7. The summed E-state index contributed by atoms with van der Waals surface area (Å²) in [6, 6.07) is 6.88. The Bertz CT molecular complexity index is 721. The molecule has 0 amide bonds. The first-order valence-corrected chi connectivity index (χ1v) is 10.8. The van der Waals surface area contributed by atoms with Crippen LogP contribution in [0.25, 0.3) is 0 Å². The summed E-state index contributed by atoms with van der Waals surface area (Å²) >= 11 is 0. The number of guanidine groups is 1. The number of rotatable bonds is 8. The highest BCUT2D eigenvalue weighted by molar-refractivity contribution is 14.0. The Morgan fingerprint density at radius 3 is 2.54 bits per heavy atom. The number of nitrogens with one attached hydrogen (secondary N) is 2. The molecule has 0 saturated heterocycles. The van der Waals surface area contributed by atoms with Crippen molar-refractivity contribution >= 4 is 39.8 Å². The van der Waals surface area contributed by atoms with Gasteiger partial charge in [-0.1, -0.05) is 18.2 Å². The number of hydrogen-bond acceptors (Lipinski definition) is 3. The van der Waals surface area contributed by atoms with Crippen LogP contribution in [0.3, 0.4) is 0 Å². The van der Waals surface area contributed by atoms with Gasteiger partial charge in [0.05, 0.1) is 12.3 Å². The molecule has 2 N–H and O–H groups in total. The van der Waals surface area contributed by atoms with E-state index in [0.29, 0.717) is 25.5 Å². The third kappa shape index (κ3) is 7.02. The summed E-state index contributed by atoms with van der Waals surface area (Å²) in [6.45, 7) is 5.13. The first-order chi connectivity index (χ1) is 11.8. The van der Waals surface area contributed by atoms with E-state index in [1.54, 1.807) is 6.07 Å². The van der Waals surface area contributed by atoms with Gasteiger partial charge in [-0.25, -0.2) is 12.8 Å². The molecule has 0 aliphatic heterocycles. The Kier molecular flexibility index (Phi) is 8.78. The molecular weight excluding hydrogens is 468 g/mol. The molecule has 1 aromatic rings. The van der Waals surface area contributed by atoms with Crippen molar-refractivity contribution in [1.29, 1.82) is 0 Å². The predicted octanol–water partition coefficient (Wildman–Crippen LogP) is 2.85. The highest BCUT2D eigenvalue weighted by atomic mass is 127. The molecule has 0 spiro atoms. The van der Waals surface area contributed by atoms with Gasteiger partial charge in [-0.3, -0.25) is 4.99 Å². The molecule has 0 heterocycles. The summed E-state index contributed by atoms with van der Waals surface area (Å²) < 4.78 is 36.7. The summed E-state index contributed by atoms with van der Waals surface area (Å²) in [4.78, 5) is 4.63. The van der Waals surface area contributed by atoms with Gasteiger partial charge in [-0.05, 0) is 44.7 Å². The lowest BCUT2D eigenvalue weighted by atomic mass is 9.95. The third-order valence-electron chi connectivity index (χ3n) is 4.49. The Balaban J connectivity index is 0.00000338. The molecule has 1 unspecified atom stereocenters. The van der Waals surface area contributed by atoms with E-state index in [4.69, 9.17) is 0 Å². The van der Waals surface area contributed by atoms with Crippen LogP contribution in [0.15, 0.2) is 29.3 Å². The average molecular weight is 497 g/mol. The Labute approximate surface area is 173 Å². The lowest BCUT2D eigenvalue weighted by Gasteiger charge is -2.19. The minimum atomic E-state index is -2.98. The molecule has 0 radical (unpaired) electrons. The number of hydrogen-bond donors (Lipinski definition) is 2. The minimum Gasteiger partial charge on any atom is -0.357 e. The smallest absolute Gasteiger partial charge is 0.191 e. The van der Waals surface area contributed by atoms with E-state index in [1.807, 2.05) is 26.0 Å². The molecule has 1 fully saturated rings. The van der Waals surface area contributed by atoms with Crippen LogP contribution in [-0.2, 0) is 15.3 Å². The van der Waals surface area contributed by atoms with Gasteiger partial charge >= 0.3 is 0 Å². The van der Waals surface area contributed by atoms with Crippen LogP contribution in [0.2, 0.25) is 0 Å². The molecule has 8 heteroatoms. The van der Waals surface area contributed by atoms with Crippen LogP contribution >= 0.6 is 24.0 Å². The van der Waals surface area contributed by atoms with E-state index in [9.17, 15) is 12.8 Å². The summed E-state index contributed by atoms with van der Waals surface area (Å²) in [5, 5.41) is 6.41. The lowest BCUT2D eigenvalue weighted by molar-refractivity contribution is 0.568. The molecule has 0 bridgehead atoms. The summed E-state index contributed by atoms with van der Waals surface area (Å²) in [5.74, 6) is 0.612. The Hall–Kier alpha value is -0.900. The van der Waals surface area contributed by atoms with Gasteiger partial charge < -0.3 is 10.6 Å². The van der Waals surface area contributed by atoms with Gasteiger partial charge in [0.1, 0.15) is 15.7 Å².